The highest BCUT2D eigenvalue weighted by Gasteiger charge is 2.20. The lowest BCUT2D eigenvalue weighted by molar-refractivity contribution is 1.16. The molecule has 11 aromatic rings. The van der Waals surface area contributed by atoms with Gasteiger partial charge in [-0.1, -0.05) is 103 Å². The molecule has 4 heterocycles. The Kier molecular flexibility index (Phi) is 6.12. The lowest BCUT2D eigenvalue weighted by atomic mass is 9.98. The number of hydrogen-bond donors (Lipinski definition) is 0. The molecule has 7 aromatic carbocycles. The minimum Gasteiger partial charge on any atom is -0.309 e. The molecule has 0 unspecified atom stereocenters. The van der Waals surface area contributed by atoms with Gasteiger partial charge in [-0.2, -0.15) is 0 Å². The minimum atomic E-state index is 1.04. The molecule has 0 N–H and O–H groups in total. The Morgan fingerprint density at radius 3 is 1.80 bits per heavy atom. The Morgan fingerprint density at radius 2 is 1.02 bits per heavy atom. The van der Waals surface area contributed by atoms with Crippen LogP contribution in [0.5, 0.6) is 0 Å². The van der Waals surface area contributed by atoms with Crippen LogP contribution < -0.4 is 0 Å². The van der Waals surface area contributed by atoms with Crippen LogP contribution in [0.25, 0.3) is 97.5 Å². The van der Waals surface area contributed by atoms with E-state index in [0.29, 0.717) is 0 Å². The first kappa shape index (κ1) is 28.4. The predicted octanol–water partition coefficient (Wildman–Crippen LogP) is 13.0. The molecule has 0 saturated carbocycles. The topological polar surface area (TPSA) is 22.8 Å². The van der Waals surface area contributed by atoms with Crippen molar-refractivity contribution < 1.29 is 0 Å². The fraction of sp³-hybridized carbons (Fsp3) is 0. The van der Waals surface area contributed by atoms with E-state index in [2.05, 4.69) is 173 Å². The van der Waals surface area contributed by atoms with Crippen molar-refractivity contribution in [3.8, 4) is 33.6 Å². The molecule has 0 bridgehead atoms. The maximum Gasteiger partial charge on any atom is 0.0977 e. The van der Waals surface area contributed by atoms with Crippen molar-refractivity contribution in [2.75, 3.05) is 0 Å². The summed E-state index contributed by atoms with van der Waals surface area (Å²) in [6.07, 6.45) is 1.92. The number of rotatable bonds is 4. The zero-order chi connectivity index (χ0) is 33.5. The third-order valence-corrected chi connectivity index (χ3v) is 11.5. The van der Waals surface area contributed by atoms with Gasteiger partial charge in [0.1, 0.15) is 0 Å². The molecule has 0 amide bonds. The number of nitrogens with zero attached hydrogens (tertiary/aromatic N) is 3. The van der Waals surface area contributed by atoms with Crippen LogP contribution in [-0.2, 0) is 0 Å². The molecule has 238 valence electrons. The van der Waals surface area contributed by atoms with E-state index in [-0.39, 0.29) is 0 Å². The average molecular weight is 668 g/mol. The van der Waals surface area contributed by atoms with Crippen LogP contribution in [-0.4, -0.2) is 14.1 Å². The second-order valence-electron chi connectivity index (χ2n) is 13.2. The Labute approximate surface area is 297 Å². The van der Waals surface area contributed by atoms with Gasteiger partial charge in [0.05, 0.1) is 27.6 Å². The maximum atomic E-state index is 4.98. The monoisotopic (exact) mass is 667 g/mol. The number of benzene rings is 7. The predicted molar refractivity (Wildman–Crippen MR) is 217 cm³/mol. The summed E-state index contributed by atoms with van der Waals surface area (Å²) in [5, 5.41) is 6.26. The Morgan fingerprint density at radius 1 is 0.392 bits per heavy atom. The van der Waals surface area contributed by atoms with E-state index in [9.17, 15) is 0 Å². The second-order valence-corrected chi connectivity index (χ2v) is 14.2. The molecule has 0 aliphatic carbocycles. The van der Waals surface area contributed by atoms with E-state index in [1.165, 1.54) is 75.1 Å². The number of hydrogen-bond acceptors (Lipinski definition) is 2. The van der Waals surface area contributed by atoms with Gasteiger partial charge >= 0.3 is 0 Å². The Hall–Kier alpha value is -6.49. The van der Waals surface area contributed by atoms with E-state index in [1.807, 2.05) is 23.6 Å². The summed E-state index contributed by atoms with van der Waals surface area (Å²) in [5.41, 5.74) is 12.7. The first-order chi connectivity index (χ1) is 25.3. The van der Waals surface area contributed by atoms with Crippen LogP contribution in [0.1, 0.15) is 0 Å². The van der Waals surface area contributed by atoms with Crippen molar-refractivity contribution in [1.29, 1.82) is 0 Å². The van der Waals surface area contributed by atoms with Crippen molar-refractivity contribution >= 4 is 75.3 Å². The molecule has 11 rings (SSSR count). The fourth-order valence-corrected chi connectivity index (χ4v) is 9.33. The summed E-state index contributed by atoms with van der Waals surface area (Å²) in [6, 6.07) is 61.6. The standard InChI is InChI=1S/C47H29N3S/c1-3-12-30(13-4-1)32-26-33(31-14-5-2-6-15-31)28-35(27-32)50-40-18-9-7-16-36(40)39-29-34(21-23-41(39)50)49-42-24-22-38-37-17-8-10-20-44(37)51-47(38)45(42)46-43(49)19-11-25-48-46/h1-29H. The summed E-state index contributed by atoms with van der Waals surface area (Å²) in [7, 11) is 0. The number of thiophene rings is 1. The summed E-state index contributed by atoms with van der Waals surface area (Å²) in [5.74, 6) is 0. The highest BCUT2D eigenvalue weighted by atomic mass is 32.1. The summed E-state index contributed by atoms with van der Waals surface area (Å²) < 4.78 is 7.43. The second kappa shape index (κ2) is 11.0. The average Bonchev–Trinajstić information content (AvgIpc) is 3.86. The summed E-state index contributed by atoms with van der Waals surface area (Å²) >= 11 is 1.86. The molecule has 0 aliphatic rings. The van der Waals surface area contributed by atoms with Gasteiger partial charge in [-0.05, 0) is 89.0 Å². The summed E-state index contributed by atoms with van der Waals surface area (Å²) in [6.45, 7) is 0. The quantitative estimate of drug-likeness (QED) is 0.183. The number of aromatic nitrogens is 3. The van der Waals surface area contributed by atoms with Crippen LogP contribution >= 0.6 is 11.3 Å². The number of pyridine rings is 1. The molecule has 0 radical (unpaired) electrons. The molecule has 0 fully saturated rings. The lowest BCUT2D eigenvalue weighted by Gasteiger charge is -2.14. The van der Waals surface area contributed by atoms with Crippen LogP contribution in [0.4, 0.5) is 0 Å². The highest BCUT2D eigenvalue weighted by Crippen LogP contribution is 2.43. The molecule has 0 atom stereocenters. The van der Waals surface area contributed by atoms with Crippen molar-refractivity contribution in [3.05, 3.63) is 176 Å². The minimum absolute atomic E-state index is 1.04. The van der Waals surface area contributed by atoms with E-state index >= 15 is 0 Å². The van der Waals surface area contributed by atoms with Crippen molar-refractivity contribution in [2.45, 2.75) is 0 Å². The lowest BCUT2D eigenvalue weighted by Crippen LogP contribution is -1.97. The molecular formula is C47H29N3S. The molecule has 4 heteroatoms. The maximum absolute atomic E-state index is 4.98. The number of para-hydroxylation sites is 1. The first-order valence-corrected chi connectivity index (χ1v) is 18.1. The van der Waals surface area contributed by atoms with Crippen LogP contribution in [0.3, 0.4) is 0 Å². The van der Waals surface area contributed by atoms with Crippen molar-refractivity contribution in [2.24, 2.45) is 0 Å². The van der Waals surface area contributed by atoms with Crippen molar-refractivity contribution in [3.63, 3.8) is 0 Å². The molecule has 3 nitrogen and oxygen atoms in total. The van der Waals surface area contributed by atoms with Gasteiger partial charge in [0, 0.05) is 53.9 Å². The van der Waals surface area contributed by atoms with Gasteiger partial charge in [-0.15, -0.1) is 11.3 Å². The highest BCUT2D eigenvalue weighted by molar-refractivity contribution is 7.26. The van der Waals surface area contributed by atoms with Crippen LogP contribution in [0.2, 0.25) is 0 Å². The van der Waals surface area contributed by atoms with E-state index < -0.39 is 0 Å². The molecule has 4 aromatic heterocycles. The van der Waals surface area contributed by atoms with Crippen LogP contribution in [0.15, 0.2) is 176 Å². The van der Waals surface area contributed by atoms with Gasteiger partial charge in [0.25, 0.3) is 0 Å². The zero-order valence-corrected chi connectivity index (χ0v) is 28.3. The third-order valence-electron chi connectivity index (χ3n) is 10.3. The fourth-order valence-electron chi connectivity index (χ4n) is 8.08. The van der Waals surface area contributed by atoms with E-state index in [1.54, 1.807) is 0 Å². The molecule has 0 aliphatic heterocycles. The molecule has 0 saturated heterocycles. The molecular weight excluding hydrogens is 639 g/mol. The first-order valence-electron chi connectivity index (χ1n) is 17.3. The normalized spacial score (nSPS) is 11.9. The third kappa shape index (κ3) is 4.27. The van der Waals surface area contributed by atoms with Gasteiger partial charge in [-0.25, -0.2) is 0 Å². The summed E-state index contributed by atoms with van der Waals surface area (Å²) in [4.78, 5) is 4.98. The van der Waals surface area contributed by atoms with E-state index in [4.69, 9.17) is 4.98 Å². The molecule has 0 spiro atoms. The largest absolute Gasteiger partial charge is 0.309 e. The van der Waals surface area contributed by atoms with Crippen LogP contribution in [0, 0.1) is 0 Å². The number of fused-ring (bicyclic) bond motifs is 10. The zero-order valence-electron chi connectivity index (χ0n) is 27.5. The Balaban J connectivity index is 1.18. The SMILES string of the molecule is c1ccc(-c2cc(-c3ccccc3)cc(-n3c4ccccc4c4cc(-n5c6cccnc6c6c7sc8ccccc8c7ccc65)ccc43)c2)cc1. The van der Waals surface area contributed by atoms with Gasteiger partial charge in [-0.3, -0.25) is 4.98 Å². The van der Waals surface area contributed by atoms with Gasteiger partial charge < -0.3 is 9.13 Å². The van der Waals surface area contributed by atoms with E-state index in [0.717, 1.165) is 22.4 Å². The van der Waals surface area contributed by atoms with Gasteiger partial charge in [0.2, 0.25) is 0 Å². The van der Waals surface area contributed by atoms with Gasteiger partial charge in [0.15, 0.2) is 0 Å². The molecule has 51 heavy (non-hydrogen) atoms. The van der Waals surface area contributed by atoms with Crippen molar-refractivity contribution in [1.82, 2.24) is 14.1 Å². The smallest absolute Gasteiger partial charge is 0.0977 e. The Bertz CT molecular complexity index is 3070.